The van der Waals surface area contributed by atoms with Gasteiger partial charge in [-0.2, -0.15) is 0 Å². The molecule has 8 nitrogen and oxygen atoms in total. The normalized spacial score (nSPS) is 12.4. The van der Waals surface area contributed by atoms with Crippen LogP contribution < -0.4 is 16.1 Å². The molecule has 0 radical (unpaired) electrons. The molecule has 2 aromatic carbocycles. The summed E-state index contributed by atoms with van der Waals surface area (Å²) in [6, 6.07) is 15.5. The molecule has 0 aliphatic carbocycles. The lowest BCUT2D eigenvalue weighted by Gasteiger charge is -2.25. The monoisotopic (exact) mass is 591 g/mol. The molecule has 3 N–H and O–H groups in total. The van der Waals surface area contributed by atoms with Crippen molar-refractivity contribution in [3.63, 3.8) is 0 Å². The summed E-state index contributed by atoms with van der Waals surface area (Å²) in [4.78, 5) is 43.7. The van der Waals surface area contributed by atoms with Gasteiger partial charge in [-0.1, -0.05) is 43.3 Å². The lowest BCUT2D eigenvalue weighted by atomic mass is 9.84. The Balaban J connectivity index is 1.65. The summed E-state index contributed by atoms with van der Waals surface area (Å²) in [5, 5.41) is 5.12. The van der Waals surface area contributed by atoms with Crippen LogP contribution in [0.15, 0.2) is 69.8 Å². The highest BCUT2D eigenvalue weighted by Gasteiger charge is 2.32. The van der Waals surface area contributed by atoms with Gasteiger partial charge in [-0.15, -0.1) is 0 Å². The van der Waals surface area contributed by atoms with E-state index in [1.165, 1.54) is 12.1 Å². The molecule has 202 valence electrons. The predicted molar refractivity (Wildman–Crippen MR) is 138 cm³/mol. The Bertz CT molecular complexity index is 1240. The highest BCUT2D eigenvalue weighted by Crippen LogP contribution is 2.24. The van der Waals surface area contributed by atoms with Crippen LogP contribution in [0.4, 0.5) is 8.78 Å². The summed E-state index contributed by atoms with van der Waals surface area (Å²) < 4.78 is 33.1. The number of aryl methyl sites for hydroxylation is 1. The first-order chi connectivity index (χ1) is 18.3. The first-order valence-electron chi connectivity index (χ1n) is 12.0. The lowest BCUT2D eigenvalue weighted by Crippen LogP contribution is -2.45. The quantitative estimate of drug-likeness (QED) is 0.198. The van der Waals surface area contributed by atoms with Crippen molar-refractivity contribution >= 4 is 33.7 Å². The molecule has 3 aromatic rings. The Morgan fingerprint density at radius 3 is 2.39 bits per heavy atom. The van der Waals surface area contributed by atoms with Crippen LogP contribution in [-0.2, 0) is 27.5 Å². The van der Waals surface area contributed by atoms with Gasteiger partial charge < -0.3 is 15.1 Å². The van der Waals surface area contributed by atoms with Crippen LogP contribution in [0.1, 0.15) is 41.4 Å². The number of benzene rings is 2. The van der Waals surface area contributed by atoms with Gasteiger partial charge in [0.05, 0.1) is 19.2 Å². The molecule has 1 aromatic heterocycles. The van der Waals surface area contributed by atoms with Crippen LogP contribution in [-0.4, -0.2) is 24.4 Å². The first-order valence-corrected chi connectivity index (χ1v) is 12.8. The number of nitrogens with one attached hydrogen (secondary N) is 3. The van der Waals surface area contributed by atoms with Gasteiger partial charge in [0.2, 0.25) is 11.8 Å². The van der Waals surface area contributed by atoms with Gasteiger partial charge in [0.15, 0.2) is 10.4 Å². The molecule has 0 saturated carbocycles. The maximum atomic E-state index is 14.2. The number of hydrogen-bond acceptors (Lipinski definition) is 5. The number of furan rings is 1. The van der Waals surface area contributed by atoms with Crippen LogP contribution in [0.5, 0.6) is 0 Å². The van der Waals surface area contributed by atoms with E-state index in [1.54, 1.807) is 13.0 Å². The van der Waals surface area contributed by atoms with Gasteiger partial charge in [0.25, 0.3) is 5.91 Å². The zero-order valence-electron chi connectivity index (χ0n) is 20.6. The van der Waals surface area contributed by atoms with Gasteiger partial charge in [-0.25, -0.2) is 14.3 Å². The second-order valence-electron chi connectivity index (χ2n) is 8.46. The van der Waals surface area contributed by atoms with E-state index in [0.717, 1.165) is 17.7 Å². The highest BCUT2D eigenvalue weighted by atomic mass is 79.9. The molecule has 0 aliphatic heterocycles. The average Bonchev–Trinajstić information content (AvgIpc) is 3.34. The minimum Gasteiger partial charge on any atom is -0.444 e. The molecule has 0 fully saturated rings. The second-order valence-corrected chi connectivity index (χ2v) is 9.25. The minimum absolute atomic E-state index is 0.0517. The van der Waals surface area contributed by atoms with Crippen molar-refractivity contribution in [2.24, 2.45) is 11.8 Å². The molecule has 11 heteroatoms. The number of halogens is 3. The van der Waals surface area contributed by atoms with E-state index in [-0.39, 0.29) is 43.9 Å². The number of amides is 3. The van der Waals surface area contributed by atoms with E-state index in [4.69, 9.17) is 9.25 Å². The number of hydrogen-bond donors (Lipinski definition) is 3. The van der Waals surface area contributed by atoms with Gasteiger partial charge >= 0.3 is 0 Å². The van der Waals surface area contributed by atoms with Crippen molar-refractivity contribution in [1.82, 2.24) is 16.1 Å². The van der Waals surface area contributed by atoms with Crippen molar-refractivity contribution < 1.29 is 32.4 Å². The molecule has 0 bridgehead atoms. The Hall–Kier alpha value is -3.57. The summed E-state index contributed by atoms with van der Waals surface area (Å²) in [5.41, 5.74) is 3.47. The summed E-state index contributed by atoms with van der Waals surface area (Å²) in [7, 11) is 0. The fraction of sp³-hybridized carbons (Fsp3) is 0.296. The van der Waals surface area contributed by atoms with Gasteiger partial charge in [0, 0.05) is 12.0 Å². The lowest BCUT2D eigenvalue weighted by molar-refractivity contribution is -0.144. The zero-order chi connectivity index (χ0) is 27.5. The summed E-state index contributed by atoms with van der Waals surface area (Å²) in [6.45, 7) is 1.66. The third-order valence-electron chi connectivity index (χ3n) is 5.90. The van der Waals surface area contributed by atoms with Crippen LogP contribution in [0.25, 0.3) is 0 Å². The molecule has 38 heavy (non-hydrogen) atoms. The van der Waals surface area contributed by atoms with Crippen molar-refractivity contribution in [2.45, 2.75) is 32.8 Å². The summed E-state index contributed by atoms with van der Waals surface area (Å²) >= 11 is 3.11. The van der Waals surface area contributed by atoms with Crippen LogP contribution >= 0.6 is 15.9 Å². The number of carbonyl (C=O) groups is 3. The summed E-state index contributed by atoms with van der Waals surface area (Å²) in [5.74, 6) is -4.65. The molecular weight excluding hydrogens is 564 g/mol. The first kappa shape index (κ1) is 29.0. The molecule has 1 heterocycles. The van der Waals surface area contributed by atoms with E-state index in [9.17, 15) is 23.2 Å². The fourth-order valence-electron chi connectivity index (χ4n) is 3.91. The maximum Gasteiger partial charge on any atom is 0.288 e. The number of rotatable bonds is 13. The average molecular weight is 592 g/mol. The smallest absolute Gasteiger partial charge is 0.288 e. The minimum atomic E-state index is -0.889. The van der Waals surface area contributed by atoms with Crippen molar-refractivity contribution in [2.75, 3.05) is 6.67 Å². The number of hydroxylamine groups is 1. The third kappa shape index (κ3) is 8.49. The van der Waals surface area contributed by atoms with E-state index in [2.05, 4.69) is 32.0 Å². The Labute approximate surface area is 227 Å². The molecule has 0 saturated heterocycles. The second kappa shape index (κ2) is 14.4. The summed E-state index contributed by atoms with van der Waals surface area (Å²) in [6.07, 6.45) is 0.473. The van der Waals surface area contributed by atoms with Crippen molar-refractivity contribution in [3.05, 3.63) is 93.9 Å². The Morgan fingerprint density at radius 2 is 1.74 bits per heavy atom. The third-order valence-corrected chi connectivity index (χ3v) is 6.33. The van der Waals surface area contributed by atoms with E-state index in [1.807, 2.05) is 30.3 Å². The largest absolute Gasteiger partial charge is 0.444 e. The van der Waals surface area contributed by atoms with E-state index >= 15 is 0 Å². The van der Waals surface area contributed by atoms with Gasteiger partial charge in [-0.05, 0) is 64.5 Å². The van der Waals surface area contributed by atoms with Crippen molar-refractivity contribution in [1.29, 1.82) is 0 Å². The highest BCUT2D eigenvalue weighted by molar-refractivity contribution is 9.10. The predicted octanol–water partition coefficient (Wildman–Crippen LogP) is 4.65. The van der Waals surface area contributed by atoms with Crippen LogP contribution in [0.2, 0.25) is 0 Å². The SMILES string of the molecule is CC[C@@H](C(=O)NOCc1ccccc1)[C@@H](CCc1ccc(F)cc1F)C(=O)NCNC(=O)c1ccc(Br)o1. The van der Waals surface area contributed by atoms with E-state index < -0.39 is 41.2 Å². The fourth-order valence-corrected chi connectivity index (χ4v) is 4.22. The zero-order valence-corrected chi connectivity index (χ0v) is 22.2. The molecule has 0 unspecified atom stereocenters. The van der Waals surface area contributed by atoms with Crippen LogP contribution in [0, 0.1) is 23.5 Å². The molecule has 0 spiro atoms. The molecule has 2 atom stereocenters. The van der Waals surface area contributed by atoms with Gasteiger partial charge in [-0.3, -0.25) is 19.2 Å². The maximum absolute atomic E-state index is 14.2. The molecule has 3 amide bonds. The number of carbonyl (C=O) groups excluding carboxylic acids is 3. The Kier molecular flexibility index (Phi) is 11.0. The Morgan fingerprint density at radius 1 is 0.974 bits per heavy atom. The van der Waals surface area contributed by atoms with E-state index in [0.29, 0.717) is 4.67 Å². The van der Waals surface area contributed by atoms with Crippen molar-refractivity contribution in [3.8, 4) is 0 Å². The molecule has 0 aliphatic rings. The molecule has 3 rings (SSSR count). The molecular formula is C27H28BrF2N3O5. The van der Waals surface area contributed by atoms with Gasteiger partial charge in [0.1, 0.15) is 11.6 Å². The topological polar surface area (TPSA) is 110 Å². The van der Waals surface area contributed by atoms with Crippen LogP contribution in [0.3, 0.4) is 0 Å². The standard InChI is InChI=1S/C27H28BrF2N3O5/c1-2-20(26(35)33-37-15-17-6-4-3-5-7-17)21(11-9-18-8-10-19(29)14-22(18)30)25(34)31-16-32-27(36)23-12-13-24(28)38-23/h3-8,10,12-14,20-21H,2,9,11,15-16H2,1H3,(H,31,34)(H,32,36)(H,33,35)/t20-,21-/m1/s1.